The van der Waals surface area contributed by atoms with Crippen LogP contribution in [-0.4, -0.2) is 24.0 Å². The number of hydrogen-bond donors (Lipinski definition) is 1. The van der Waals surface area contributed by atoms with E-state index in [1.165, 1.54) is 17.7 Å². The van der Waals surface area contributed by atoms with Crippen molar-refractivity contribution in [2.24, 2.45) is 0 Å². The Morgan fingerprint density at radius 2 is 2.31 bits per heavy atom. The molecular weight excluding hydrogens is 220 g/mol. The van der Waals surface area contributed by atoms with Crippen LogP contribution >= 0.6 is 11.3 Å². The van der Waals surface area contributed by atoms with Gasteiger partial charge in [0, 0.05) is 18.0 Å². The molecule has 1 heterocycles. The van der Waals surface area contributed by atoms with Crippen molar-refractivity contribution in [2.75, 3.05) is 7.05 Å². The van der Waals surface area contributed by atoms with Gasteiger partial charge in [-0.2, -0.15) is 0 Å². The second kappa shape index (κ2) is 5.34. The van der Waals surface area contributed by atoms with E-state index >= 15 is 0 Å². The summed E-state index contributed by atoms with van der Waals surface area (Å²) in [6.07, 6.45) is 4.77. The first-order valence-electron chi connectivity index (χ1n) is 5.80. The van der Waals surface area contributed by atoms with Gasteiger partial charge in [-0.25, -0.2) is 4.79 Å². The van der Waals surface area contributed by atoms with Crippen LogP contribution in [0.15, 0.2) is 17.5 Å². The summed E-state index contributed by atoms with van der Waals surface area (Å²) in [5.41, 5.74) is 0. The smallest absolute Gasteiger partial charge is 0.317 e. The molecule has 0 unspecified atom stereocenters. The Balaban J connectivity index is 1.79. The average Bonchev–Trinajstić information content (AvgIpc) is 2.90. The molecule has 0 bridgehead atoms. The van der Waals surface area contributed by atoms with Gasteiger partial charge < -0.3 is 10.2 Å². The van der Waals surface area contributed by atoms with Crippen LogP contribution in [0.3, 0.4) is 0 Å². The van der Waals surface area contributed by atoms with Crippen molar-refractivity contribution in [1.29, 1.82) is 0 Å². The van der Waals surface area contributed by atoms with E-state index in [0.29, 0.717) is 12.6 Å². The number of rotatable bonds is 3. The summed E-state index contributed by atoms with van der Waals surface area (Å²) in [5, 5.41) is 5.12. The third-order valence-corrected chi connectivity index (χ3v) is 3.86. The molecule has 1 aliphatic rings. The van der Waals surface area contributed by atoms with E-state index in [9.17, 15) is 4.79 Å². The molecule has 0 aliphatic heterocycles. The van der Waals surface area contributed by atoms with Crippen LogP contribution in [0, 0.1) is 0 Å². The maximum Gasteiger partial charge on any atom is 0.317 e. The van der Waals surface area contributed by atoms with Crippen LogP contribution < -0.4 is 5.32 Å². The predicted octanol–water partition coefficient (Wildman–Crippen LogP) is 2.83. The molecule has 1 aromatic heterocycles. The lowest BCUT2D eigenvalue weighted by molar-refractivity contribution is 0.203. The molecule has 1 aromatic rings. The summed E-state index contributed by atoms with van der Waals surface area (Å²) in [4.78, 5) is 14.8. The van der Waals surface area contributed by atoms with Gasteiger partial charge in [0.1, 0.15) is 0 Å². The molecule has 0 atom stereocenters. The van der Waals surface area contributed by atoms with Crippen LogP contribution in [-0.2, 0) is 6.54 Å². The van der Waals surface area contributed by atoms with Gasteiger partial charge in [-0.15, -0.1) is 11.3 Å². The number of nitrogens with one attached hydrogen (secondary N) is 1. The summed E-state index contributed by atoms with van der Waals surface area (Å²) in [6, 6.07) is 4.53. The van der Waals surface area contributed by atoms with Crippen molar-refractivity contribution in [2.45, 2.75) is 38.3 Å². The van der Waals surface area contributed by atoms with Crippen LogP contribution in [0.5, 0.6) is 0 Å². The molecule has 0 spiro atoms. The second-order valence-corrected chi connectivity index (χ2v) is 5.40. The Morgan fingerprint density at radius 1 is 1.56 bits per heavy atom. The zero-order valence-corrected chi connectivity index (χ0v) is 10.4. The molecule has 88 valence electrons. The van der Waals surface area contributed by atoms with E-state index in [4.69, 9.17) is 0 Å². The molecule has 2 rings (SSSR count). The topological polar surface area (TPSA) is 32.3 Å². The van der Waals surface area contributed by atoms with Gasteiger partial charge in [0.25, 0.3) is 0 Å². The number of urea groups is 1. The number of nitrogens with zero attached hydrogens (tertiary/aromatic N) is 1. The highest BCUT2D eigenvalue weighted by atomic mass is 32.1. The van der Waals surface area contributed by atoms with Gasteiger partial charge in [0.05, 0.1) is 6.54 Å². The molecule has 4 heteroatoms. The fourth-order valence-corrected chi connectivity index (χ4v) is 2.82. The van der Waals surface area contributed by atoms with Crippen LogP contribution in [0.2, 0.25) is 0 Å². The summed E-state index contributed by atoms with van der Waals surface area (Å²) in [6.45, 7) is 0.705. The summed E-state index contributed by atoms with van der Waals surface area (Å²) < 4.78 is 0. The monoisotopic (exact) mass is 238 g/mol. The van der Waals surface area contributed by atoms with Crippen molar-refractivity contribution in [3.8, 4) is 0 Å². The number of carbonyl (C=O) groups is 1. The number of amides is 2. The van der Waals surface area contributed by atoms with Gasteiger partial charge >= 0.3 is 6.03 Å². The van der Waals surface area contributed by atoms with E-state index in [-0.39, 0.29) is 6.03 Å². The summed E-state index contributed by atoms with van der Waals surface area (Å²) in [7, 11) is 1.85. The largest absolute Gasteiger partial charge is 0.335 e. The van der Waals surface area contributed by atoms with E-state index < -0.39 is 0 Å². The normalized spacial score (nSPS) is 16.3. The van der Waals surface area contributed by atoms with Gasteiger partial charge in [0.2, 0.25) is 0 Å². The Hall–Kier alpha value is -1.03. The third-order valence-electron chi connectivity index (χ3n) is 3.00. The Labute approximate surface area is 100 Å². The Bertz CT molecular complexity index is 331. The highest BCUT2D eigenvalue weighted by Crippen LogP contribution is 2.18. The van der Waals surface area contributed by atoms with Crippen molar-refractivity contribution in [3.63, 3.8) is 0 Å². The van der Waals surface area contributed by atoms with Crippen molar-refractivity contribution in [3.05, 3.63) is 22.4 Å². The molecule has 1 saturated carbocycles. The van der Waals surface area contributed by atoms with Gasteiger partial charge in [-0.1, -0.05) is 18.9 Å². The van der Waals surface area contributed by atoms with Crippen LogP contribution in [0.4, 0.5) is 4.79 Å². The van der Waals surface area contributed by atoms with Crippen molar-refractivity contribution in [1.82, 2.24) is 10.2 Å². The Morgan fingerprint density at radius 3 is 2.94 bits per heavy atom. The maximum atomic E-state index is 11.8. The molecule has 2 amide bonds. The first kappa shape index (κ1) is 11.5. The lowest BCUT2D eigenvalue weighted by Gasteiger charge is -2.20. The fourth-order valence-electron chi connectivity index (χ4n) is 2.06. The van der Waals surface area contributed by atoms with E-state index in [1.807, 2.05) is 18.5 Å². The second-order valence-electron chi connectivity index (χ2n) is 4.37. The minimum Gasteiger partial charge on any atom is -0.335 e. The van der Waals surface area contributed by atoms with Crippen LogP contribution in [0.25, 0.3) is 0 Å². The SMILES string of the molecule is CN(Cc1cccs1)C(=O)NC1CCCC1. The number of hydrogen-bond acceptors (Lipinski definition) is 2. The van der Waals surface area contributed by atoms with Gasteiger partial charge in [-0.05, 0) is 24.3 Å². The van der Waals surface area contributed by atoms with Crippen molar-refractivity contribution >= 4 is 17.4 Å². The van der Waals surface area contributed by atoms with Gasteiger partial charge in [-0.3, -0.25) is 0 Å². The standard InChI is InChI=1S/C12H18N2OS/c1-14(9-11-7-4-8-16-11)12(15)13-10-5-2-3-6-10/h4,7-8,10H,2-3,5-6,9H2,1H3,(H,13,15). The zero-order valence-electron chi connectivity index (χ0n) is 9.61. The highest BCUT2D eigenvalue weighted by molar-refractivity contribution is 7.09. The number of carbonyl (C=O) groups excluding carboxylic acids is 1. The lowest BCUT2D eigenvalue weighted by atomic mass is 10.2. The maximum absolute atomic E-state index is 11.8. The molecular formula is C12H18N2OS. The molecule has 1 N–H and O–H groups in total. The van der Waals surface area contributed by atoms with E-state index in [2.05, 4.69) is 11.4 Å². The van der Waals surface area contributed by atoms with Gasteiger partial charge in [0.15, 0.2) is 0 Å². The van der Waals surface area contributed by atoms with Crippen molar-refractivity contribution < 1.29 is 4.79 Å². The first-order valence-corrected chi connectivity index (χ1v) is 6.67. The summed E-state index contributed by atoms with van der Waals surface area (Å²) in [5.74, 6) is 0. The highest BCUT2D eigenvalue weighted by Gasteiger charge is 2.19. The molecule has 16 heavy (non-hydrogen) atoms. The quantitative estimate of drug-likeness (QED) is 0.863. The molecule has 1 fully saturated rings. The third kappa shape index (κ3) is 2.98. The minimum absolute atomic E-state index is 0.0558. The molecule has 0 radical (unpaired) electrons. The Kier molecular flexibility index (Phi) is 3.83. The number of thiophene rings is 1. The lowest BCUT2D eigenvalue weighted by Crippen LogP contribution is -2.41. The van der Waals surface area contributed by atoms with E-state index in [1.54, 1.807) is 16.2 Å². The predicted molar refractivity (Wildman–Crippen MR) is 66.6 cm³/mol. The van der Waals surface area contributed by atoms with Crippen LogP contribution in [0.1, 0.15) is 30.6 Å². The minimum atomic E-state index is 0.0558. The van der Waals surface area contributed by atoms with E-state index in [0.717, 1.165) is 12.8 Å². The fraction of sp³-hybridized carbons (Fsp3) is 0.583. The molecule has 1 aliphatic carbocycles. The first-order chi connectivity index (χ1) is 7.75. The molecule has 0 saturated heterocycles. The summed E-state index contributed by atoms with van der Waals surface area (Å²) >= 11 is 1.69. The average molecular weight is 238 g/mol. The zero-order chi connectivity index (χ0) is 11.4. The molecule has 3 nitrogen and oxygen atoms in total. The molecule has 0 aromatic carbocycles.